The van der Waals surface area contributed by atoms with Crippen LogP contribution < -0.4 is 10.6 Å². The van der Waals surface area contributed by atoms with Crippen LogP contribution in [0.25, 0.3) is 0 Å². The third-order valence-electron chi connectivity index (χ3n) is 3.54. The zero-order valence-corrected chi connectivity index (χ0v) is 11.6. The molecule has 0 saturated carbocycles. The number of benzene rings is 1. The number of rotatable bonds is 7. The van der Waals surface area contributed by atoms with Crippen LogP contribution >= 0.6 is 0 Å². The van der Waals surface area contributed by atoms with Crippen LogP contribution in [-0.2, 0) is 4.74 Å². The number of nitrogens with two attached hydrogens (primary N) is 1. The zero-order valence-electron chi connectivity index (χ0n) is 11.6. The number of nitrogens with zero attached hydrogens (tertiary/aromatic N) is 2. The fourth-order valence-electron chi connectivity index (χ4n) is 2.38. The predicted molar refractivity (Wildman–Crippen MR) is 79.6 cm³/mol. The third-order valence-corrected chi connectivity index (χ3v) is 3.54. The van der Waals surface area contributed by atoms with E-state index in [4.69, 9.17) is 10.5 Å². The van der Waals surface area contributed by atoms with E-state index in [1.807, 2.05) is 0 Å². The first-order valence-electron chi connectivity index (χ1n) is 7.20. The van der Waals surface area contributed by atoms with Crippen LogP contribution in [0, 0.1) is 0 Å². The van der Waals surface area contributed by atoms with Crippen molar-refractivity contribution in [1.29, 1.82) is 0 Å². The molecular formula is C15H25N3O. The van der Waals surface area contributed by atoms with Crippen LogP contribution in [0.1, 0.15) is 6.42 Å². The summed E-state index contributed by atoms with van der Waals surface area (Å²) in [5.41, 5.74) is 6.94. The Morgan fingerprint density at radius 3 is 2.53 bits per heavy atom. The Morgan fingerprint density at radius 2 is 1.84 bits per heavy atom. The minimum Gasteiger partial charge on any atom is -0.379 e. The molecule has 0 radical (unpaired) electrons. The van der Waals surface area contributed by atoms with E-state index in [0.29, 0.717) is 0 Å². The van der Waals surface area contributed by atoms with Gasteiger partial charge in [-0.3, -0.25) is 4.90 Å². The Bertz CT molecular complexity index is 339. The lowest BCUT2D eigenvalue weighted by molar-refractivity contribution is 0.0391. The van der Waals surface area contributed by atoms with E-state index in [-0.39, 0.29) is 0 Å². The Kier molecular flexibility index (Phi) is 6.14. The summed E-state index contributed by atoms with van der Waals surface area (Å²) in [7, 11) is 0. The summed E-state index contributed by atoms with van der Waals surface area (Å²) in [5, 5.41) is 0. The molecule has 1 aliphatic rings. The second kappa shape index (κ2) is 8.15. The molecule has 0 aliphatic carbocycles. The molecule has 19 heavy (non-hydrogen) atoms. The van der Waals surface area contributed by atoms with Crippen LogP contribution in [0.2, 0.25) is 0 Å². The number of para-hydroxylation sites is 1. The monoisotopic (exact) mass is 263 g/mol. The molecule has 0 bridgehead atoms. The quantitative estimate of drug-likeness (QED) is 0.802. The number of ether oxygens (including phenoxy) is 1. The molecule has 1 aliphatic heterocycles. The molecular weight excluding hydrogens is 238 g/mol. The van der Waals surface area contributed by atoms with Crippen molar-refractivity contribution in [3.8, 4) is 0 Å². The second-order valence-corrected chi connectivity index (χ2v) is 4.92. The van der Waals surface area contributed by atoms with Crippen molar-refractivity contribution < 1.29 is 4.74 Å². The van der Waals surface area contributed by atoms with Crippen molar-refractivity contribution in [2.75, 3.05) is 57.4 Å². The molecule has 0 spiro atoms. The summed E-state index contributed by atoms with van der Waals surface area (Å²) in [6, 6.07) is 10.6. The molecule has 4 nitrogen and oxygen atoms in total. The average molecular weight is 263 g/mol. The van der Waals surface area contributed by atoms with E-state index in [1.54, 1.807) is 0 Å². The molecule has 1 fully saturated rings. The number of morpholine rings is 1. The first-order chi connectivity index (χ1) is 9.40. The Hall–Kier alpha value is -1.10. The summed E-state index contributed by atoms with van der Waals surface area (Å²) in [5.74, 6) is 0. The molecule has 0 amide bonds. The van der Waals surface area contributed by atoms with Crippen molar-refractivity contribution in [3.63, 3.8) is 0 Å². The zero-order chi connectivity index (χ0) is 13.3. The highest BCUT2D eigenvalue weighted by Gasteiger charge is 2.12. The first kappa shape index (κ1) is 14.3. The largest absolute Gasteiger partial charge is 0.379 e. The Labute approximate surface area is 116 Å². The van der Waals surface area contributed by atoms with Crippen molar-refractivity contribution in [2.24, 2.45) is 5.73 Å². The van der Waals surface area contributed by atoms with E-state index in [9.17, 15) is 0 Å². The lowest BCUT2D eigenvalue weighted by atomic mass is 10.2. The van der Waals surface area contributed by atoms with Crippen LogP contribution in [0.3, 0.4) is 0 Å². The Morgan fingerprint density at radius 1 is 1.11 bits per heavy atom. The van der Waals surface area contributed by atoms with Crippen LogP contribution in [0.15, 0.2) is 30.3 Å². The number of hydrogen-bond donors (Lipinski definition) is 1. The summed E-state index contributed by atoms with van der Waals surface area (Å²) in [4.78, 5) is 4.91. The summed E-state index contributed by atoms with van der Waals surface area (Å²) < 4.78 is 5.38. The normalized spacial score (nSPS) is 16.5. The maximum Gasteiger partial charge on any atom is 0.0594 e. The molecule has 1 saturated heterocycles. The average Bonchev–Trinajstić information content (AvgIpc) is 2.49. The van der Waals surface area contributed by atoms with Crippen LogP contribution in [0.4, 0.5) is 5.69 Å². The molecule has 2 N–H and O–H groups in total. The van der Waals surface area contributed by atoms with Crippen LogP contribution in [-0.4, -0.2) is 57.4 Å². The van der Waals surface area contributed by atoms with Gasteiger partial charge in [-0.05, 0) is 25.1 Å². The van der Waals surface area contributed by atoms with Gasteiger partial charge in [0.1, 0.15) is 0 Å². The molecule has 4 heteroatoms. The van der Waals surface area contributed by atoms with Gasteiger partial charge in [-0.2, -0.15) is 0 Å². The maximum atomic E-state index is 5.64. The highest BCUT2D eigenvalue weighted by atomic mass is 16.5. The van der Waals surface area contributed by atoms with Gasteiger partial charge in [0, 0.05) is 38.4 Å². The SMILES string of the molecule is NCCCN(CCN1CCOCC1)c1ccccc1. The van der Waals surface area contributed by atoms with Gasteiger partial charge in [0.2, 0.25) is 0 Å². The van der Waals surface area contributed by atoms with E-state index in [0.717, 1.165) is 58.9 Å². The Balaban J connectivity index is 1.86. The van der Waals surface area contributed by atoms with Gasteiger partial charge >= 0.3 is 0 Å². The van der Waals surface area contributed by atoms with E-state index in [1.165, 1.54) is 5.69 Å². The predicted octanol–water partition coefficient (Wildman–Crippen LogP) is 1.17. The standard InChI is InChI=1S/C15H25N3O/c16-7-4-8-18(15-5-2-1-3-6-15)10-9-17-11-13-19-14-12-17/h1-3,5-6H,4,7-14,16H2. The summed E-state index contributed by atoms with van der Waals surface area (Å²) in [6.45, 7) is 7.79. The first-order valence-corrected chi connectivity index (χ1v) is 7.20. The van der Waals surface area contributed by atoms with E-state index in [2.05, 4.69) is 40.1 Å². The van der Waals surface area contributed by atoms with Gasteiger partial charge in [-0.15, -0.1) is 0 Å². The molecule has 106 valence electrons. The summed E-state index contributed by atoms with van der Waals surface area (Å²) >= 11 is 0. The van der Waals surface area contributed by atoms with Gasteiger partial charge in [-0.25, -0.2) is 0 Å². The molecule has 1 aromatic rings. The fourth-order valence-corrected chi connectivity index (χ4v) is 2.38. The summed E-state index contributed by atoms with van der Waals surface area (Å²) in [6.07, 6.45) is 1.04. The lowest BCUT2D eigenvalue weighted by Gasteiger charge is -2.31. The van der Waals surface area contributed by atoms with Crippen molar-refractivity contribution in [2.45, 2.75) is 6.42 Å². The molecule has 0 aromatic heterocycles. The molecule has 2 rings (SSSR count). The smallest absolute Gasteiger partial charge is 0.0594 e. The minimum atomic E-state index is 0.751. The van der Waals surface area contributed by atoms with Gasteiger partial charge in [-0.1, -0.05) is 18.2 Å². The topological polar surface area (TPSA) is 41.7 Å². The minimum absolute atomic E-state index is 0.751. The van der Waals surface area contributed by atoms with Crippen molar-refractivity contribution >= 4 is 5.69 Å². The van der Waals surface area contributed by atoms with Gasteiger partial charge in [0.15, 0.2) is 0 Å². The molecule has 1 heterocycles. The van der Waals surface area contributed by atoms with Gasteiger partial charge in [0.25, 0.3) is 0 Å². The molecule has 1 aromatic carbocycles. The van der Waals surface area contributed by atoms with E-state index >= 15 is 0 Å². The maximum absolute atomic E-state index is 5.64. The lowest BCUT2D eigenvalue weighted by Crippen LogP contribution is -2.42. The van der Waals surface area contributed by atoms with Crippen molar-refractivity contribution in [1.82, 2.24) is 4.90 Å². The highest BCUT2D eigenvalue weighted by molar-refractivity contribution is 5.45. The number of anilines is 1. The fraction of sp³-hybridized carbons (Fsp3) is 0.600. The number of hydrogen-bond acceptors (Lipinski definition) is 4. The van der Waals surface area contributed by atoms with Gasteiger partial charge < -0.3 is 15.4 Å². The van der Waals surface area contributed by atoms with Crippen LogP contribution in [0.5, 0.6) is 0 Å². The second-order valence-electron chi connectivity index (χ2n) is 4.92. The third kappa shape index (κ3) is 4.82. The van der Waals surface area contributed by atoms with Gasteiger partial charge in [0.05, 0.1) is 13.2 Å². The molecule has 0 atom stereocenters. The van der Waals surface area contributed by atoms with E-state index < -0.39 is 0 Å². The van der Waals surface area contributed by atoms with Crippen molar-refractivity contribution in [3.05, 3.63) is 30.3 Å². The highest BCUT2D eigenvalue weighted by Crippen LogP contribution is 2.13. The molecule has 0 unspecified atom stereocenters.